The second-order valence-electron chi connectivity index (χ2n) is 4.85. The van der Waals surface area contributed by atoms with Crippen molar-refractivity contribution in [1.29, 1.82) is 0 Å². The summed E-state index contributed by atoms with van der Waals surface area (Å²) in [6.07, 6.45) is 0.994. The lowest BCUT2D eigenvalue weighted by Crippen LogP contribution is -2.08. The first-order valence-electron chi connectivity index (χ1n) is 5.12. The molecular formula is C11H20N2OS. The molecule has 2 N–H and O–H groups in total. The van der Waals surface area contributed by atoms with E-state index in [4.69, 9.17) is 10.5 Å². The third-order valence-corrected chi connectivity index (χ3v) is 3.09. The molecule has 0 unspecified atom stereocenters. The summed E-state index contributed by atoms with van der Waals surface area (Å²) in [6.45, 7) is 7.76. The molecule has 3 nitrogen and oxygen atoms in total. The normalized spacial score (nSPS) is 12.1. The van der Waals surface area contributed by atoms with E-state index >= 15 is 0 Å². The summed E-state index contributed by atoms with van der Waals surface area (Å²) in [4.78, 5) is 5.72. The minimum absolute atomic E-state index is 0.272. The molecule has 0 fully saturated rings. The molecule has 15 heavy (non-hydrogen) atoms. The molecule has 4 heteroatoms. The van der Waals surface area contributed by atoms with E-state index in [9.17, 15) is 0 Å². The van der Waals surface area contributed by atoms with Crippen LogP contribution >= 0.6 is 11.3 Å². The van der Waals surface area contributed by atoms with Crippen molar-refractivity contribution in [3.63, 3.8) is 0 Å². The highest BCUT2D eigenvalue weighted by Crippen LogP contribution is 2.26. The molecule has 0 radical (unpaired) electrons. The van der Waals surface area contributed by atoms with Gasteiger partial charge in [-0.05, 0) is 5.41 Å². The van der Waals surface area contributed by atoms with E-state index in [2.05, 4.69) is 25.8 Å². The average molecular weight is 228 g/mol. The Morgan fingerprint density at radius 3 is 2.53 bits per heavy atom. The van der Waals surface area contributed by atoms with Crippen molar-refractivity contribution < 1.29 is 4.74 Å². The van der Waals surface area contributed by atoms with Crippen LogP contribution < -0.4 is 5.73 Å². The van der Waals surface area contributed by atoms with Crippen LogP contribution in [0.1, 0.15) is 36.3 Å². The van der Waals surface area contributed by atoms with Gasteiger partial charge >= 0.3 is 0 Å². The molecule has 0 aliphatic rings. The number of nitrogens with zero attached hydrogens (tertiary/aromatic N) is 1. The van der Waals surface area contributed by atoms with E-state index in [0.29, 0.717) is 13.2 Å². The Labute approximate surface area is 95.7 Å². The lowest BCUT2D eigenvalue weighted by molar-refractivity contribution is 0.181. The molecule has 0 aliphatic heterocycles. The first-order chi connectivity index (χ1) is 6.96. The topological polar surface area (TPSA) is 48.1 Å². The van der Waals surface area contributed by atoms with E-state index in [1.54, 1.807) is 18.4 Å². The number of hydrogen-bond donors (Lipinski definition) is 1. The van der Waals surface area contributed by atoms with Gasteiger partial charge in [0.2, 0.25) is 0 Å². The first kappa shape index (κ1) is 12.6. The second kappa shape index (κ2) is 5.05. The molecular weight excluding hydrogens is 208 g/mol. The van der Waals surface area contributed by atoms with Crippen LogP contribution in [0.3, 0.4) is 0 Å². The summed E-state index contributed by atoms with van der Waals surface area (Å²) in [6, 6.07) is 0. The van der Waals surface area contributed by atoms with E-state index in [0.717, 1.165) is 22.0 Å². The molecule has 0 bridgehead atoms. The van der Waals surface area contributed by atoms with Crippen LogP contribution in [0.2, 0.25) is 0 Å². The zero-order valence-electron chi connectivity index (χ0n) is 9.96. The highest BCUT2D eigenvalue weighted by atomic mass is 32.1. The van der Waals surface area contributed by atoms with Crippen molar-refractivity contribution in [3.05, 3.63) is 15.6 Å². The Balaban J connectivity index is 2.83. The molecule has 86 valence electrons. The van der Waals surface area contributed by atoms with Gasteiger partial charge in [-0.2, -0.15) is 0 Å². The quantitative estimate of drug-likeness (QED) is 0.860. The Morgan fingerprint density at radius 2 is 2.07 bits per heavy atom. The summed E-state index contributed by atoms with van der Waals surface area (Å²) in [5.74, 6) is 0. The van der Waals surface area contributed by atoms with Crippen molar-refractivity contribution in [2.45, 2.75) is 40.3 Å². The third kappa shape index (κ3) is 3.89. The van der Waals surface area contributed by atoms with Crippen LogP contribution in [-0.2, 0) is 24.3 Å². The van der Waals surface area contributed by atoms with Crippen LogP contribution in [-0.4, -0.2) is 12.1 Å². The predicted octanol–water partition coefficient (Wildman–Crippen LogP) is 2.34. The number of rotatable bonds is 4. The predicted molar refractivity (Wildman–Crippen MR) is 63.9 cm³/mol. The van der Waals surface area contributed by atoms with E-state index in [1.807, 2.05) is 0 Å². The minimum Gasteiger partial charge on any atom is -0.378 e. The molecule has 1 aromatic heterocycles. The molecule has 0 aromatic carbocycles. The lowest BCUT2D eigenvalue weighted by Gasteiger charge is -2.15. The number of aromatic nitrogens is 1. The zero-order valence-corrected chi connectivity index (χ0v) is 10.8. The van der Waals surface area contributed by atoms with Gasteiger partial charge in [0.1, 0.15) is 0 Å². The van der Waals surface area contributed by atoms with Gasteiger partial charge < -0.3 is 10.5 Å². The Hall–Kier alpha value is -0.450. The van der Waals surface area contributed by atoms with Crippen molar-refractivity contribution in [2.75, 3.05) is 7.11 Å². The molecule has 1 rings (SSSR count). The molecule has 1 heterocycles. The van der Waals surface area contributed by atoms with Gasteiger partial charge in [-0.15, -0.1) is 11.3 Å². The summed E-state index contributed by atoms with van der Waals surface area (Å²) in [5, 5.41) is 1.16. The van der Waals surface area contributed by atoms with Gasteiger partial charge in [0.25, 0.3) is 0 Å². The Kier molecular flexibility index (Phi) is 4.25. The summed E-state index contributed by atoms with van der Waals surface area (Å²) in [5.41, 5.74) is 6.95. The molecule has 0 saturated carbocycles. The number of thiazole rings is 1. The fraction of sp³-hybridized carbons (Fsp3) is 0.727. The molecule has 0 atom stereocenters. The van der Waals surface area contributed by atoms with Crippen molar-refractivity contribution in [1.82, 2.24) is 4.98 Å². The lowest BCUT2D eigenvalue weighted by atomic mass is 9.93. The van der Waals surface area contributed by atoms with Gasteiger partial charge in [0, 0.05) is 25.0 Å². The maximum absolute atomic E-state index is 5.67. The van der Waals surface area contributed by atoms with Crippen LogP contribution in [0, 0.1) is 5.41 Å². The summed E-state index contributed by atoms with van der Waals surface area (Å²) < 4.78 is 5.10. The van der Waals surface area contributed by atoms with Gasteiger partial charge in [0.05, 0.1) is 17.3 Å². The largest absolute Gasteiger partial charge is 0.378 e. The third-order valence-electron chi connectivity index (χ3n) is 1.97. The van der Waals surface area contributed by atoms with Crippen LogP contribution in [0.15, 0.2) is 0 Å². The molecule has 0 saturated heterocycles. The Bertz CT molecular complexity index is 315. The standard InChI is InChI=1S/C11H20N2OS/c1-11(2,3)5-10-13-8(7-14-4)9(6-12)15-10/h5-7,12H2,1-4H3. The monoisotopic (exact) mass is 228 g/mol. The van der Waals surface area contributed by atoms with Crippen LogP contribution in [0.5, 0.6) is 0 Å². The SMILES string of the molecule is COCc1nc(CC(C)(C)C)sc1CN. The molecule has 0 spiro atoms. The number of ether oxygens (including phenoxy) is 1. The fourth-order valence-corrected chi connectivity index (χ4v) is 2.63. The van der Waals surface area contributed by atoms with Crippen molar-refractivity contribution in [3.8, 4) is 0 Å². The number of nitrogens with two attached hydrogens (primary N) is 1. The summed E-state index contributed by atoms with van der Waals surface area (Å²) in [7, 11) is 1.68. The van der Waals surface area contributed by atoms with Gasteiger partial charge in [0.15, 0.2) is 0 Å². The minimum atomic E-state index is 0.272. The smallest absolute Gasteiger partial charge is 0.0937 e. The van der Waals surface area contributed by atoms with E-state index in [1.165, 1.54) is 0 Å². The van der Waals surface area contributed by atoms with E-state index in [-0.39, 0.29) is 5.41 Å². The maximum atomic E-state index is 5.67. The molecule has 0 aliphatic carbocycles. The van der Waals surface area contributed by atoms with Gasteiger partial charge in [-0.3, -0.25) is 0 Å². The molecule has 0 amide bonds. The number of hydrogen-bond acceptors (Lipinski definition) is 4. The number of methoxy groups -OCH3 is 1. The van der Waals surface area contributed by atoms with E-state index < -0.39 is 0 Å². The fourth-order valence-electron chi connectivity index (χ4n) is 1.38. The van der Waals surface area contributed by atoms with Crippen LogP contribution in [0.4, 0.5) is 0 Å². The maximum Gasteiger partial charge on any atom is 0.0937 e. The highest BCUT2D eigenvalue weighted by molar-refractivity contribution is 7.11. The van der Waals surface area contributed by atoms with Gasteiger partial charge in [-0.25, -0.2) is 4.98 Å². The first-order valence-corrected chi connectivity index (χ1v) is 5.94. The molecule has 1 aromatic rings. The zero-order chi connectivity index (χ0) is 11.5. The van der Waals surface area contributed by atoms with Crippen molar-refractivity contribution >= 4 is 11.3 Å². The summed E-state index contributed by atoms with van der Waals surface area (Å²) >= 11 is 1.71. The van der Waals surface area contributed by atoms with Crippen molar-refractivity contribution in [2.24, 2.45) is 11.1 Å². The average Bonchev–Trinajstić information content (AvgIpc) is 2.45. The Morgan fingerprint density at radius 1 is 1.40 bits per heavy atom. The second-order valence-corrected chi connectivity index (χ2v) is 6.02. The highest BCUT2D eigenvalue weighted by Gasteiger charge is 2.16. The van der Waals surface area contributed by atoms with Gasteiger partial charge in [-0.1, -0.05) is 20.8 Å². The van der Waals surface area contributed by atoms with Crippen LogP contribution in [0.25, 0.3) is 0 Å².